The van der Waals surface area contributed by atoms with Crippen LogP contribution in [0.5, 0.6) is 5.75 Å². The number of methoxy groups -OCH3 is 1. The first kappa shape index (κ1) is 15.3. The van der Waals surface area contributed by atoms with Gasteiger partial charge in [0.05, 0.1) is 7.11 Å². The van der Waals surface area contributed by atoms with Crippen LogP contribution < -0.4 is 10.1 Å². The summed E-state index contributed by atoms with van der Waals surface area (Å²) in [6.07, 6.45) is 6.70. The number of hydrogen-bond donors (Lipinski definition) is 1. The van der Waals surface area contributed by atoms with Crippen molar-refractivity contribution in [3.05, 3.63) is 29.8 Å². The van der Waals surface area contributed by atoms with E-state index < -0.39 is 0 Å². The molecule has 1 aliphatic carbocycles. The van der Waals surface area contributed by atoms with Crippen LogP contribution in [0, 0.1) is 0 Å². The maximum atomic E-state index is 5.22. The van der Waals surface area contributed by atoms with Crippen molar-refractivity contribution in [3.8, 4) is 5.75 Å². The van der Waals surface area contributed by atoms with Gasteiger partial charge in [-0.2, -0.15) is 0 Å². The van der Waals surface area contributed by atoms with Crippen LogP contribution in [0.1, 0.15) is 37.7 Å². The smallest absolute Gasteiger partial charge is 0.118 e. The summed E-state index contributed by atoms with van der Waals surface area (Å²) in [4.78, 5) is 2.51. The van der Waals surface area contributed by atoms with Crippen LogP contribution in [0.25, 0.3) is 0 Å². The Bertz CT molecular complexity index is 390. The van der Waals surface area contributed by atoms with Gasteiger partial charge < -0.3 is 10.1 Å². The maximum absolute atomic E-state index is 5.22. The topological polar surface area (TPSA) is 24.5 Å². The lowest BCUT2D eigenvalue weighted by Crippen LogP contribution is -2.46. The van der Waals surface area contributed by atoms with E-state index in [4.69, 9.17) is 4.74 Å². The van der Waals surface area contributed by atoms with Gasteiger partial charge >= 0.3 is 0 Å². The molecule has 0 radical (unpaired) electrons. The monoisotopic (exact) mass is 276 g/mol. The highest BCUT2D eigenvalue weighted by molar-refractivity contribution is 5.27. The van der Waals surface area contributed by atoms with E-state index in [-0.39, 0.29) is 0 Å². The van der Waals surface area contributed by atoms with E-state index in [1.54, 1.807) is 7.11 Å². The fourth-order valence-corrected chi connectivity index (χ4v) is 3.29. The van der Waals surface area contributed by atoms with Crippen LogP contribution in [0.3, 0.4) is 0 Å². The molecule has 2 rings (SSSR count). The SMILES string of the molecule is CNC1CCCCCC1N(C)Cc1ccc(OC)cc1. The van der Waals surface area contributed by atoms with Crippen LogP contribution in [0.15, 0.2) is 24.3 Å². The highest BCUT2D eigenvalue weighted by atomic mass is 16.5. The zero-order valence-electron chi connectivity index (χ0n) is 13.1. The van der Waals surface area contributed by atoms with Crippen molar-refractivity contribution in [2.45, 2.75) is 50.7 Å². The molecule has 1 aliphatic rings. The van der Waals surface area contributed by atoms with E-state index in [1.165, 1.54) is 37.7 Å². The van der Waals surface area contributed by atoms with E-state index in [0.717, 1.165) is 12.3 Å². The number of nitrogens with zero attached hydrogens (tertiary/aromatic N) is 1. The van der Waals surface area contributed by atoms with Crippen molar-refractivity contribution in [3.63, 3.8) is 0 Å². The average molecular weight is 276 g/mol. The zero-order chi connectivity index (χ0) is 14.4. The number of likely N-dealkylation sites (N-methyl/N-ethyl adjacent to an activating group) is 2. The second-order valence-corrected chi connectivity index (χ2v) is 5.86. The Hall–Kier alpha value is -1.06. The molecule has 1 saturated carbocycles. The van der Waals surface area contributed by atoms with Gasteiger partial charge in [0.15, 0.2) is 0 Å². The van der Waals surface area contributed by atoms with E-state index in [1.807, 2.05) is 12.1 Å². The Kier molecular flexibility index (Phi) is 5.86. The molecule has 3 nitrogen and oxygen atoms in total. The molecule has 0 aliphatic heterocycles. The third-order valence-corrected chi connectivity index (χ3v) is 4.51. The number of ether oxygens (including phenoxy) is 1. The van der Waals surface area contributed by atoms with Crippen molar-refractivity contribution in [2.24, 2.45) is 0 Å². The number of benzene rings is 1. The fourth-order valence-electron chi connectivity index (χ4n) is 3.29. The van der Waals surface area contributed by atoms with Crippen molar-refractivity contribution in [1.82, 2.24) is 10.2 Å². The molecule has 1 fully saturated rings. The van der Waals surface area contributed by atoms with Gasteiger partial charge in [-0.25, -0.2) is 0 Å². The van der Waals surface area contributed by atoms with E-state index in [9.17, 15) is 0 Å². The zero-order valence-corrected chi connectivity index (χ0v) is 13.1. The molecule has 0 spiro atoms. The Labute approximate surface area is 123 Å². The molecular formula is C17H28N2O. The molecule has 112 valence electrons. The molecule has 1 aromatic carbocycles. The van der Waals surface area contributed by atoms with Crippen LogP contribution in [-0.4, -0.2) is 38.2 Å². The predicted octanol–water partition coefficient (Wildman–Crippen LogP) is 3.05. The standard InChI is InChI=1S/C17H28N2O/c1-18-16-7-5-4-6-8-17(16)19(2)13-14-9-11-15(20-3)12-10-14/h9-12,16-18H,4-8,13H2,1-3H3. The lowest BCUT2D eigenvalue weighted by atomic mass is 10.0. The molecule has 0 heterocycles. The first-order valence-corrected chi connectivity index (χ1v) is 7.75. The number of nitrogens with one attached hydrogen (secondary N) is 1. The van der Waals surface area contributed by atoms with Crippen molar-refractivity contribution in [1.29, 1.82) is 0 Å². The van der Waals surface area contributed by atoms with Crippen molar-refractivity contribution in [2.75, 3.05) is 21.2 Å². The lowest BCUT2D eigenvalue weighted by molar-refractivity contribution is 0.179. The molecule has 0 amide bonds. The summed E-state index contributed by atoms with van der Waals surface area (Å²) in [6.45, 7) is 1.01. The summed E-state index contributed by atoms with van der Waals surface area (Å²) in [6, 6.07) is 9.70. The Morgan fingerprint density at radius 2 is 1.85 bits per heavy atom. The molecule has 0 bridgehead atoms. The second kappa shape index (κ2) is 7.65. The first-order valence-electron chi connectivity index (χ1n) is 7.75. The van der Waals surface area contributed by atoms with Crippen molar-refractivity contribution >= 4 is 0 Å². The molecule has 0 aromatic heterocycles. The fraction of sp³-hybridized carbons (Fsp3) is 0.647. The van der Waals surface area contributed by atoms with Gasteiger partial charge in [-0.15, -0.1) is 0 Å². The Morgan fingerprint density at radius 3 is 2.50 bits per heavy atom. The Morgan fingerprint density at radius 1 is 1.15 bits per heavy atom. The van der Waals surface area contributed by atoms with Gasteiger partial charge in [-0.1, -0.05) is 31.4 Å². The highest BCUT2D eigenvalue weighted by Crippen LogP contribution is 2.23. The predicted molar refractivity (Wildman–Crippen MR) is 84.2 cm³/mol. The van der Waals surface area contributed by atoms with E-state index in [0.29, 0.717) is 12.1 Å². The summed E-state index contributed by atoms with van der Waals surface area (Å²) in [7, 11) is 6.07. The summed E-state index contributed by atoms with van der Waals surface area (Å²) in [5, 5.41) is 3.52. The van der Waals surface area contributed by atoms with Crippen LogP contribution in [-0.2, 0) is 6.54 Å². The normalized spacial score (nSPS) is 23.6. The molecule has 2 atom stereocenters. The summed E-state index contributed by atoms with van der Waals surface area (Å²) in [5.74, 6) is 0.930. The molecule has 20 heavy (non-hydrogen) atoms. The summed E-state index contributed by atoms with van der Waals surface area (Å²) >= 11 is 0. The Balaban J connectivity index is 1.99. The maximum Gasteiger partial charge on any atom is 0.118 e. The minimum absolute atomic E-state index is 0.626. The molecule has 2 unspecified atom stereocenters. The third-order valence-electron chi connectivity index (χ3n) is 4.51. The third kappa shape index (κ3) is 3.97. The highest BCUT2D eigenvalue weighted by Gasteiger charge is 2.25. The van der Waals surface area contributed by atoms with Crippen LogP contribution >= 0.6 is 0 Å². The average Bonchev–Trinajstić information content (AvgIpc) is 2.73. The number of hydrogen-bond acceptors (Lipinski definition) is 3. The van der Waals surface area contributed by atoms with E-state index in [2.05, 4.69) is 36.4 Å². The molecular weight excluding hydrogens is 248 g/mol. The van der Waals surface area contributed by atoms with Gasteiger partial charge in [0.2, 0.25) is 0 Å². The quantitative estimate of drug-likeness (QED) is 0.837. The molecule has 3 heteroatoms. The summed E-state index contributed by atoms with van der Waals surface area (Å²) in [5.41, 5.74) is 1.35. The first-order chi connectivity index (χ1) is 9.74. The minimum atomic E-state index is 0.626. The summed E-state index contributed by atoms with van der Waals surface area (Å²) < 4.78 is 5.22. The lowest BCUT2D eigenvalue weighted by Gasteiger charge is -2.33. The van der Waals surface area contributed by atoms with Gasteiger partial charge in [0, 0.05) is 18.6 Å². The van der Waals surface area contributed by atoms with Gasteiger partial charge in [0.1, 0.15) is 5.75 Å². The van der Waals surface area contributed by atoms with Gasteiger partial charge in [0.25, 0.3) is 0 Å². The number of rotatable bonds is 5. The van der Waals surface area contributed by atoms with E-state index >= 15 is 0 Å². The van der Waals surface area contributed by atoms with Gasteiger partial charge in [-0.3, -0.25) is 4.90 Å². The molecule has 1 N–H and O–H groups in total. The largest absolute Gasteiger partial charge is 0.497 e. The molecule has 1 aromatic rings. The van der Waals surface area contributed by atoms with Crippen LogP contribution in [0.2, 0.25) is 0 Å². The van der Waals surface area contributed by atoms with Gasteiger partial charge in [-0.05, 0) is 44.6 Å². The minimum Gasteiger partial charge on any atom is -0.497 e. The second-order valence-electron chi connectivity index (χ2n) is 5.86. The van der Waals surface area contributed by atoms with Crippen molar-refractivity contribution < 1.29 is 4.74 Å². The van der Waals surface area contributed by atoms with Crippen LogP contribution in [0.4, 0.5) is 0 Å². The molecule has 0 saturated heterocycles.